The summed E-state index contributed by atoms with van der Waals surface area (Å²) >= 11 is 0. The Kier molecular flexibility index (Phi) is 32.6. The first kappa shape index (κ1) is 76.9. The molecule has 0 aliphatic rings. The first-order chi connectivity index (χ1) is 38.1. The Labute approximate surface area is 496 Å². The van der Waals surface area contributed by atoms with Gasteiger partial charge in [0.1, 0.15) is 54.4 Å². The Morgan fingerprint density at radius 1 is 0.530 bits per heavy atom. The zero-order chi connectivity index (χ0) is 64.9. The highest BCUT2D eigenvalue weighted by molar-refractivity contribution is 5.98. The van der Waals surface area contributed by atoms with Gasteiger partial charge in [0.2, 0.25) is 65.0 Å². The molecule has 0 saturated heterocycles. The molecule has 0 spiro atoms. The molecule has 0 heterocycles. The Morgan fingerprint density at radius 2 is 1.00 bits per heavy atom. The van der Waals surface area contributed by atoms with Gasteiger partial charge in [-0.3, -0.25) is 52.7 Å². The highest BCUT2D eigenvalue weighted by atomic mass is 16.3. The predicted octanol–water partition coefficient (Wildman–Crippen LogP) is 2.93. The van der Waals surface area contributed by atoms with Crippen molar-refractivity contribution in [3.05, 3.63) is 12.2 Å². The first-order valence-corrected chi connectivity index (χ1v) is 29.4. The summed E-state index contributed by atoms with van der Waals surface area (Å²) < 4.78 is 0. The van der Waals surface area contributed by atoms with Gasteiger partial charge in [-0.2, -0.15) is 0 Å². The van der Waals surface area contributed by atoms with Crippen molar-refractivity contribution in [2.75, 3.05) is 55.9 Å². The van der Waals surface area contributed by atoms with Crippen LogP contribution in [0.1, 0.15) is 156 Å². The van der Waals surface area contributed by atoms with E-state index < -0.39 is 132 Å². The zero-order valence-electron chi connectivity index (χ0n) is 54.9. The molecule has 83 heavy (non-hydrogen) atoms. The summed E-state index contributed by atoms with van der Waals surface area (Å²) in [5.74, 6) is -6.93. The number of carbonyl (C=O) groups excluding carboxylic acids is 11. The van der Waals surface area contributed by atoms with Crippen molar-refractivity contribution in [2.45, 2.75) is 217 Å². The molecule has 0 saturated carbocycles. The molecule has 0 aromatic rings. The fourth-order valence-corrected chi connectivity index (χ4v) is 9.43. The summed E-state index contributed by atoms with van der Waals surface area (Å²) in [5.41, 5.74) is -0.925. The number of aliphatic hydroxyl groups excluding tert-OH is 1. The molecular formula is C60H109N11O12. The van der Waals surface area contributed by atoms with Gasteiger partial charge in [-0.05, 0) is 94.8 Å². The number of hydrogen-bond acceptors (Lipinski definition) is 12. The molecule has 0 aromatic heterocycles. The molecule has 0 bridgehead atoms. The van der Waals surface area contributed by atoms with E-state index in [1.807, 2.05) is 81.4 Å². The van der Waals surface area contributed by atoms with Crippen LogP contribution >= 0.6 is 0 Å². The molecule has 476 valence electrons. The number of rotatable bonds is 33. The number of likely N-dealkylation sites (N-methyl/N-ethyl adjacent to an activating group) is 7. The maximum absolute atomic E-state index is 14.6. The number of hydrogen-bond donors (Lipinski definition) is 6. The maximum Gasteiger partial charge on any atom is 0.246 e. The third-order valence-electron chi connectivity index (χ3n) is 15.2. The molecule has 0 radical (unpaired) electrons. The monoisotopic (exact) mass is 1180 g/mol. The predicted molar refractivity (Wildman–Crippen MR) is 321 cm³/mol. The average molecular weight is 1180 g/mol. The Bertz CT molecular complexity index is 2230. The third-order valence-corrected chi connectivity index (χ3v) is 15.2. The second-order valence-corrected chi connectivity index (χ2v) is 25.3. The van der Waals surface area contributed by atoms with Crippen LogP contribution in [0.2, 0.25) is 0 Å². The van der Waals surface area contributed by atoms with Crippen molar-refractivity contribution in [3.8, 4) is 0 Å². The summed E-state index contributed by atoms with van der Waals surface area (Å²) in [5, 5.41) is 24.0. The van der Waals surface area contributed by atoms with E-state index in [0.717, 1.165) is 14.7 Å². The van der Waals surface area contributed by atoms with Gasteiger partial charge in [0.15, 0.2) is 0 Å². The number of nitrogens with zero attached hydrogens (tertiary/aromatic N) is 6. The largest absolute Gasteiger partial charge is 0.392 e. The summed E-state index contributed by atoms with van der Waals surface area (Å²) in [6, 6.07) is -9.69. The molecule has 0 unspecified atom stereocenters. The standard InChI is InChI=1S/C60H109N11O12/c1-25-27-28-38(11)46(72)32-47(73)63-42(26-2)56(80)66(19)33-48(74)67(20)40(13)52(76)65-50(60(15,16)17)59(83)68(21)41(14)51(75)64-43(29-34(3)4)53(77)62-39(12)55(79)69(22)44(30-35(5)6)57(81)70(23)45(31-36(7)8)58(82)71(24)49(37(9)10)54(78)61-18/h25,27,34-46,49-50,72H,26,28-33H2,1-24H3,(H,61,78)(H,62,77)(H,63,73)(H,64,75)(H,65,76)/b27-25+/t38-,39-,40-,41+,42+,43+,44+,45+,46+,49+,50-/m1/s1. The number of amides is 11. The van der Waals surface area contributed by atoms with Crippen molar-refractivity contribution in [1.29, 1.82) is 0 Å². The van der Waals surface area contributed by atoms with Crippen LogP contribution in [0, 0.1) is 35.0 Å². The molecule has 6 N–H and O–H groups in total. The van der Waals surface area contributed by atoms with Gasteiger partial charge >= 0.3 is 0 Å². The minimum atomic E-state index is -1.22. The molecule has 0 aliphatic carbocycles. The lowest BCUT2D eigenvalue weighted by molar-refractivity contribution is -0.153. The van der Waals surface area contributed by atoms with Crippen LogP contribution < -0.4 is 26.6 Å². The molecule has 0 aliphatic heterocycles. The van der Waals surface area contributed by atoms with Crippen molar-refractivity contribution in [2.24, 2.45) is 35.0 Å². The summed E-state index contributed by atoms with van der Waals surface area (Å²) in [7, 11) is 10.2. The Hall–Kier alpha value is -6.13. The van der Waals surface area contributed by atoms with Crippen LogP contribution in [0.25, 0.3) is 0 Å². The van der Waals surface area contributed by atoms with Crippen LogP contribution in [0.15, 0.2) is 12.2 Å². The van der Waals surface area contributed by atoms with E-state index in [4.69, 9.17) is 0 Å². The zero-order valence-corrected chi connectivity index (χ0v) is 54.9. The van der Waals surface area contributed by atoms with E-state index in [1.54, 1.807) is 34.7 Å². The molecule has 0 fully saturated rings. The van der Waals surface area contributed by atoms with Crippen molar-refractivity contribution in [1.82, 2.24) is 56.0 Å². The lowest BCUT2D eigenvalue weighted by Gasteiger charge is -2.39. The minimum absolute atomic E-state index is 0.0255. The molecular weight excluding hydrogens is 1070 g/mol. The number of allylic oxidation sites excluding steroid dienone is 2. The summed E-state index contributed by atoms with van der Waals surface area (Å²) in [4.78, 5) is 159. The number of aliphatic hydroxyl groups is 1. The van der Waals surface area contributed by atoms with E-state index in [9.17, 15) is 57.8 Å². The van der Waals surface area contributed by atoms with Crippen LogP contribution in [0.5, 0.6) is 0 Å². The highest BCUT2D eigenvalue weighted by Crippen LogP contribution is 2.24. The molecule has 11 amide bonds. The van der Waals surface area contributed by atoms with E-state index in [0.29, 0.717) is 6.42 Å². The fraction of sp³-hybridized carbons (Fsp3) is 0.783. The van der Waals surface area contributed by atoms with Crippen LogP contribution in [0.4, 0.5) is 0 Å². The van der Waals surface area contributed by atoms with Crippen molar-refractivity contribution in [3.63, 3.8) is 0 Å². The van der Waals surface area contributed by atoms with Crippen LogP contribution in [0.3, 0.4) is 0 Å². The Balaban J connectivity index is 6.33. The average Bonchev–Trinajstić information content (AvgIpc) is 3.59. The second kappa shape index (κ2) is 35.2. The van der Waals surface area contributed by atoms with E-state index in [-0.39, 0.29) is 67.6 Å². The molecule has 0 aromatic carbocycles. The Morgan fingerprint density at radius 3 is 1.45 bits per heavy atom. The molecule has 23 nitrogen and oxygen atoms in total. The second-order valence-electron chi connectivity index (χ2n) is 25.3. The van der Waals surface area contributed by atoms with Gasteiger partial charge in [0.05, 0.1) is 19.1 Å². The lowest BCUT2D eigenvalue weighted by Crippen LogP contribution is -2.61. The van der Waals surface area contributed by atoms with Gasteiger partial charge in [-0.15, -0.1) is 0 Å². The molecule has 11 atom stereocenters. The highest BCUT2D eigenvalue weighted by Gasteiger charge is 2.42. The SMILES string of the molecule is C/C=C/C[C@@H](C)[C@@H](O)CC(=O)N[C@@H](CC)C(=O)N(C)CC(=O)N(C)[C@H](C)C(=O)N[C@H](C(=O)N(C)[C@@H](C)C(=O)N[C@@H](CC(C)C)C(=O)N[C@H](C)C(=O)N(C)[C@@H](CC(C)C)C(=O)N(C)[C@@H](CC(C)C)C(=O)N(C)[C@H](C(=O)NC)C(C)C)C(C)(C)C. The minimum Gasteiger partial charge on any atom is -0.392 e. The third kappa shape index (κ3) is 23.8. The number of nitrogens with one attached hydrogen (secondary N) is 5. The van der Waals surface area contributed by atoms with Crippen molar-refractivity contribution >= 4 is 65.0 Å². The topological polar surface area (TPSA) is 288 Å². The number of carbonyl (C=O) groups is 11. The van der Waals surface area contributed by atoms with Crippen LogP contribution in [-0.4, -0.2) is 216 Å². The van der Waals surface area contributed by atoms with Gasteiger partial charge in [0, 0.05) is 49.3 Å². The van der Waals surface area contributed by atoms with Gasteiger partial charge in [-0.1, -0.05) is 102 Å². The normalized spacial score (nSPS) is 15.8. The van der Waals surface area contributed by atoms with Crippen LogP contribution in [-0.2, 0) is 52.7 Å². The van der Waals surface area contributed by atoms with Crippen molar-refractivity contribution < 1.29 is 57.8 Å². The van der Waals surface area contributed by atoms with Gasteiger partial charge in [0.25, 0.3) is 0 Å². The first-order valence-electron chi connectivity index (χ1n) is 29.4. The lowest BCUT2D eigenvalue weighted by atomic mass is 9.85. The fourth-order valence-electron chi connectivity index (χ4n) is 9.43. The van der Waals surface area contributed by atoms with E-state index >= 15 is 0 Å². The van der Waals surface area contributed by atoms with Gasteiger partial charge < -0.3 is 61.1 Å². The van der Waals surface area contributed by atoms with E-state index in [1.165, 1.54) is 77.8 Å². The summed E-state index contributed by atoms with van der Waals surface area (Å²) in [6.07, 6.45) is 4.06. The smallest absolute Gasteiger partial charge is 0.246 e. The molecule has 23 heteroatoms. The molecule has 0 rings (SSSR count). The maximum atomic E-state index is 14.6. The quantitative estimate of drug-likeness (QED) is 0.0518. The van der Waals surface area contributed by atoms with E-state index in [2.05, 4.69) is 26.6 Å². The summed E-state index contributed by atoms with van der Waals surface area (Å²) in [6.45, 7) is 29.4. The van der Waals surface area contributed by atoms with Gasteiger partial charge in [-0.25, -0.2) is 0 Å².